The maximum absolute atomic E-state index is 5.22. The van der Waals surface area contributed by atoms with Gasteiger partial charge in [0.2, 0.25) is 0 Å². The van der Waals surface area contributed by atoms with E-state index < -0.39 is 0 Å². The molecule has 0 aromatic heterocycles. The molecule has 1 atom stereocenters. The molecule has 0 radical (unpaired) electrons. The van der Waals surface area contributed by atoms with Crippen molar-refractivity contribution in [2.24, 2.45) is 5.92 Å². The number of hydrogen-bond donors (Lipinski definition) is 0. The lowest BCUT2D eigenvalue weighted by atomic mass is 9.88. The summed E-state index contributed by atoms with van der Waals surface area (Å²) in [6.07, 6.45) is 3.83. The summed E-state index contributed by atoms with van der Waals surface area (Å²) in [6, 6.07) is 0. The predicted octanol–water partition coefficient (Wildman–Crippen LogP) is 1.79. The monoisotopic (exact) mass is 141 g/mol. The summed E-state index contributed by atoms with van der Waals surface area (Å²) in [5.74, 6) is 0.547. The Morgan fingerprint density at radius 3 is 2.50 bits per heavy atom. The van der Waals surface area contributed by atoms with E-state index >= 15 is 0 Å². The first-order valence-electron chi connectivity index (χ1n) is 3.62. The van der Waals surface area contributed by atoms with E-state index in [1.165, 1.54) is 0 Å². The average Bonchev–Trinajstić information content (AvgIpc) is 1.84. The van der Waals surface area contributed by atoms with Crippen LogP contribution in [0.2, 0.25) is 0 Å². The first-order chi connectivity index (χ1) is 4.55. The maximum Gasteiger partial charge on any atom is 0.107 e. The highest BCUT2D eigenvalue weighted by Crippen LogP contribution is 2.27. The summed E-state index contributed by atoms with van der Waals surface area (Å²) in [5.41, 5.74) is 0.120. The van der Waals surface area contributed by atoms with Crippen LogP contribution in [-0.2, 0) is 4.84 Å². The highest BCUT2D eigenvalue weighted by molar-refractivity contribution is 4.97. The van der Waals surface area contributed by atoms with Gasteiger partial charge in [0.25, 0.3) is 0 Å². The van der Waals surface area contributed by atoms with Gasteiger partial charge in [-0.05, 0) is 25.8 Å². The van der Waals surface area contributed by atoms with E-state index in [-0.39, 0.29) is 5.54 Å². The van der Waals surface area contributed by atoms with Crippen molar-refractivity contribution in [3.63, 3.8) is 0 Å². The van der Waals surface area contributed by atoms with E-state index in [9.17, 15) is 0 Å². The van der Waals surface area contributed by atoms with Crippen LogP contribution in [0, 0.1) is 5.92 Å². The lowest BCUT2D eigenvalue weighted by Gasteiger charge is -2.40. The molecule has 2 heteroatoms. The third kappa shape index (κ3) is 1.03. The second kappa shape index (κ2) is 2.27. The largest absolute Gasteiger partial charge is 0.414 e. The molecule has 0 spiro atoms. The second-order valence-electron chi connectivity index (χ2n) is 3.37. The first-order valence-corrected chi connectivity index (χ1v) is 3.62. The van der Waals surface area contributed by atoms with Crippen molar-refractivity contribution in [3.05, 3.63) is 12.3 Å². The van der Waals surface area contributed by atoms with Crippen LogP contribution < -0.4 is 0 Å². The molecular weight excluding hydrogens is 126 g/mol. The van der Waals surface area contributed by atoms with E-state index in [0.717, 1.165) is 0 Å². The predicted molar refractivity (Wildman–Crippen MR) is 41.2 cm³/mol. The summed E-state index contributed by atoms with van der Waals surface area (Å²) >= 11 is 0. The highest BCUT2D eigenvalue weighted by atomic mass is 16.7. The van der Waals surface area contributed by atoms with Gasteiger partial charge in [0.15, 0.2) is 0 Å². The molecule has 1 aliphatic rings. The average molecular weight is 141 g/mol. The van der Waals surface area contributed by atoms with Gasteiger partial charge in [0, 0.05) is 7.05 Å². The molecule has 0 aliphatic carbocycles. The van der Waals surface area contributed by atoms with Crippen LogP contribution in [0.15, 0.2) is 12.3 Å². The lowest BCUT2D eigenvalue weighted by Crippen LogP contribution is -2.46. The minimum atomic E-state index is 0.120. The maximum atomic E-state index is 5.22. The topological polar surface area (TPSA) is 12.5 Å². The molecule has 1 aliphatic heterocycles. The van der Waals surface area contributed by atoms with Gasteiger partial charge in [-0.25, -0.2) is 0 Å². The Bertz CT molecular complexity index is 151. The van der Waals surface area contributed by atoms with Crippen LogP contribution in [0.4, 0.5) is 0 Å². The third-order valence-electron chi connectivity index (χ3n) is 2.51. The van der Waals surface area contributed by atoms with Crippen LogP contribution in [-0.4, -0.2) is 17.6 Å². The van der Waals surface area contributed by atoms with Crippen molar-refractivity contribution in [2.75, 3.05) is 7.05 Å². The molecule has 1 unspecified atom stereocenters. The Hall–Kier alpha value is -0.500. The Morgan fingerprint density at radius 2 is 2.10 bits per heavy atom. The molecule has 58 valence electrons. The molecular formula is C8H15NO. The summed E-state index contributed by atoms with van der Waals surface area (Å²) in [7, 11) is 1.96. The van der Waals surface area contributed by atoms with Gasteiger partial charge in [0.1, 0.15) is 6.26 Å². The first kappa shape index (κ1) is 7.61. The molecule has 2 nitrogen and oxygen atoms in total. The highest BCUT2D eigenvalue weighted by Gasteiger charge is 2.32. The molecule has 0 aromatic rings. The second-order valence-corrected chi connectivity index (χ2v) is 3.37. The number of rotatable bonds is 0. The van der Waals surface area contributed by atoms with E-state index in [2.05, 4.69) is 26.8 Å². The fourth-order valence-electron chi connectivity index (χ4n) is 0.902. The molecule has 0 saturated heterocycles. The van der Waals surface area contributed by atoms with Crippen molar-refractivity contribution in [2.45, 2.75) is 26.3 Å². The minimum Gasteiger partial charge on any atom is -0.414 e. The molecule has 1 heterocycles. The summed E-state index contributed by atoms with van der Waals surface area (Å²) in [5, 5.41) is 1.89. The molecule has 0 aromatic carbocycles. The molecule has 10 heavy (non-hydrogen) atoms. The zero-order valence-electron chi connectivity index (χ0n) is 7.09. The van der Waals surface area contributed by atoms with Gasteiger partial charge < -0.3 is 4.84 Å². The number of hydroxylamine groups is 2. The summed E-state index contributed by atoms with van der Waals surface area (Å²) < 4.78 is 0. The zero-order valence-corrected chi connectivity index (χ0v) is 7.09. The van der Waals surface area contributed by atoms with Gasteiger partial charge in [-0.1, -0.05) is 6.92 Å². The molecule has 0 N–H and O–H groups in total. The fourth-order valence-corrected chi connectivity index (χ4v) is 0.902. The quantitative estimate of drug-likeness (QED) is 0.510. The van der Waals surface area contributed by atoms with Crippen molar-refractivity contribution >= 4 is 0 Å². The molecule has 0 saturated carbocycles. The van der Waals surface area contributed by atoms with Gasteiger partial charge in [-0.2, -0.15) is 0 Å². The van der Waals surface area contributed by atoms with Crippen LogP contribution in [0.25, 0.3) is 0 Å². The molecule has 0 fully saturated rings. The zero-order chi connectivity index (χ0) is 7.78. The van der Waals surface area contributed by atoms with Crippen molar-refractivity contribution in [3.8, 4) is 0 Å². The normalized spacial score (nSPS) is 31.8. The van der Waals surface area contributed by atoms with Crippen LogP contribution in [0.3, 0.4) is 0 Å². The van der Waals surface area contributed by atoms with Gasteiger partial charge in [-0.15, -0.1) is 5.06 Å². The third-order valence-corrected chi connectivity index (χ3v) is 2.51. The van der Waals surface area contributed by atoms with E-state index in [1.807, 2.05) is 12.1 Å². The van der Waals surface area contributed by atoms with Crippen LogP contribution in [0.5, 0.6) is 0 Å². The fraction of sp³-hybridized carbons (Fsp3) is 0.750. The van der Waals surface area contributed by atoms with Crippen molar-refractivity contribution < 1.29 is 4.84 Å². The molecule has 0 bridgehead atoms. The van der Waals surface area contributed by atoms with E-state index in [0.29, 0.717) is 5.92 Å². The Balaban J connectivity index is 2.78. The van der Waals surface area contributed by atoms with Crippen molar-refractivity contribution in [1.29, 1.82) is 0 Å². The van der Waals surface area contributed by atoms with Gasteiger partial charge in [-0.3, -0.25) is 0 Å². The Morgan fingerprint density at radius 1 is 1.50 bits per heavy atom. The lowest BCUT2D eigenvalue weighted by molar-refractivity contribution is -0.172. The molecule has 1 rings (SSSR count). The Kier molecular flexibility index (Phi) is 1.73. The van der Waals surface area contributed by atoms with E-state index in [1.54, 1.807) is 6.26 Å². The van der Waals surface area contributed by atoms with Crippen LogP contribution >= 0.6 is 0 Å². The number of nitrogens with zero attached hydrogens (tertiary/aromatic N) is 1. The van der Waals surface area contributed by atoms with E-state index in [4.69, 9.17) is 4.84 Å². The SMILES string of the molecule is CC1C=CON(C)C1(C)C. The van der Waals surface area contributed by atoms with Gasteiger partial charge >= 0.3 is 0 Å². The minimum absolute atomic E-state index is 0.120. The smallest absolute Gasteiger partial charge is 0.107 e. The summed E-state index contributed by atoms with van der Waals surface area (Å²) in [4.78, 5) is 5.22. The number of hydrogen-bond acceptors (Lipinski definition) is 2. The Labute approximate surface area is 62.4 Å². The standard InChI is InChI=1S/C8H15NO/c1-7-5-6-10-9(4)8(7,2)3/h5-7H,1-4H3. The molecule has 0 amide bonds. The van der Waals surface area contributed by atoms with Gasteiger partial charge in [0.05, 0.1) is 5.54 Å². The summed E-state index contributed by atoms with van der Waals surface area (Å²) in [6.45, 7) is 6.53. The van der Waals surface area contributed by atoms with Crippen molar-refractivity contribution in [1.82, 2.24) is 5.06 Å². The van der Waals surface area contributed by atoms with Crippen LogP contribution in [0.1, 0.15) is 20.8 Å².